The van der Waals surface area contributed by atoms with E-state index < -0.39 is 6.10 Å². The molecular formula is C9H9Br2N3OS. The smallest absolute Gasteiger partial charge is 0.160 e. The molecule has 0 aliphatic carbocycles. The van der Waals surface area contributed by atoms with Gasteiger partial charge in [0.1, 0.15) is 10.7 Å². The van der Waals surface area contributed by atoms with Crippen molar-refractivity contribution >= 4 is 43.2 Å². The molecule has 16 heavy (non-hydrogen) atoms. The van der Waals surface area contributed by atoms with Crippen LogP contribution < -0.4 is 0 Å². The fourth-order valence-corrected chi connectivity index (χ4v) is 3.69. The number of hydrogen-bond donors (Lipinski definition) is 1. The molecule has 2 heterocycles. The van der Waals surface area contributed by atoms with Gasteiger partial charge >= 0.3 is 0 Å². The maximum absolute atomic E-state index is 10.2. The van der Waals surface area contributed by atoms with E-state index in [-0.39, 0.29) is 0 Å². The van der Waals surface area contributed by atoms with Crippen LogP contribution >= 0.6 is 43.2 Å². The first-order chi connectivity index (χ1) is 7.61. The minimum Gasteiger partial charge on any atom is -0.383 e. The highest BCUT2D eigenvalue weighted by Crippen LogP contribution is 2.35. The molecule has 0 aliphatic heterocycles. The van der Waals surface area contributed by atoms with E-state index in [0.717, 1.165) is 20.9 Å². The number of hydrogen-bond acceptors (Lipinski definition) is 4. The van der Waals surface area contributed by atoms with E-state index in [2.05, 4.69) is 41.9 Å². The molecule has 0 spiro atoms. The number of aromatic nitrogens is 3. The Hall–Kier alpha value is -0.240. The lowest BCUT2D eigenvalue weighted by Crippen LogP contribution is -1.97. The second-order valence-electron chi connectivity index (χ2n) is 3.15. The molecule has 0 fully saturated rings. The van der Waals surface area contributed by atoms with E-state index in [0.29, 0.717) is 4.60 Å². The summed E-state index contributed by atoms with van der Waals surface area (Å²) in [6, 6.07) is 0. The second kappa shape index (κ2) is 4.95. The van der Waals surface area contributed by atoms with Gasteiger partial charge in [0.2, 0.25) is 0 Å². The van der Waals surface area contributed by atoms with Crippen LogP contribution in [0.4, 0.5) is 0 Å². The van der Waals surface area contributed by atoms with Crippen molar-refractivity contribution in [1.29, 1.82) is 0 Å². The molecule has 4 nitrogen and oxygen atoms in total. The number of rotatable bonds is 3. The van der Waals surface area contributed by atoms with Crippen LogP contribution in [-0.4, -0.2) is 19.9 Å². The summed E-state index contributed by atoms with van der Waals surface area (Å²) in [6.45, 7) is 2.79. The maximum Gasteiger partial charge on any atom is 0.160 e. The third kappa shape index (κ3) is 2.37. The van der Waals surface area contributed by atoms with E-state index >= 15 is 0 Å². The Morgan fingerprint density at radius 2 is 2.31 bits per heavy atom. The van der Waals surface area contributed by atoms with E-state index in [1.807, 2.05) is 13.1 Å². The molecule has 0 bridgehead atoms. The molecule has 0 radical (unpaired) electrons. The summed E-state index contributed by atoms with van der Waals surface area (Å²) in [5.74, 6) is 0. The first kappa shape index (κ1) is 12.2. The second-order valence-corrected chi connectivity index (χ2v) is 6.21. The zero-order chi connectivity index (χ0) is 11.7. The summed E-state index contributed by atoms with van der Waals surface area (Å²) in [6.07, 6.45) is 2.83. The monoisotopic (exact) mass is 365 g/mol. The summed E-state index contributed by atoms with van der Waals surface area (Å²) >= 11 is 8.01. The SMILES string of the molecule is CCn1cc(C(O)c2sc(Br)nc2Br)cn1. The average molecular weight is 367 g/mol. The number of halogens is 2. The minimum absolute atomic E-state index is 0.668. The zero-order valence-electron chi connectivity index (χ0n) is 8.39. The highest BCUT2D eigenvalue weighted by Gasteiger charge is 2.19. The first-order valence-electron chi connectivity index (χ1n) is 4.64. The van der Waals surface area contributed by atoms with E-state index in [4.69, 9.17) is 0 Å². The lowest BCUT2D eigenvalue weighted by molar-refractivity contribution is 0.223. The molecule has 0 aliphatic rings. The van der Waals surface area contributed by atoms with Crippen LogP contribution in [0.1, 0.15) is 23.5 Å². The average Bonchev–Trinajstić information content (AvgIpc) is 2.84. The van der Waals surface area contributed by atoms with E-state index in [1.165, 1.54) is 11.3 Å². The number of nitrogens with zero attached hydrogens (tertiary/aromatic N) is 3. The van der Waals surface area contributed by atoms with Crippen molar-refractivity contribution < 1.29 is 5.11 Å². The quantitative estimate of drug-likeness (QED) is 0.908. The fourth-order valence-electron chi connectivity index (χ4n) is 1.30. The lowest BCUT2D eigenvalue weighted by atomic mass is 10.2. The standard InChI is InChI=1S/C9H9Br2N3OS/c1-2-14-4-5(3-12-14)6(15)7-8(10)13-9(11)16-7/h3-4,6,15H,2H2,1H3. The number of aliphatic hydroxyl groups is 1. The molecule has 0 aromatic carbocycles. The summed E-state index contributed by atoms with van der Waals surface area (Å²) in [7, 11) is 0. The molecule has 0 amide bonds. The van der Waals surface area contributed by atoms with Crippen molar-refractivity contribution in [2.75, 3.05) is 0 Å². The molecule has 2 rings (SSSR count). The van der Waals surface area contributed by atoms with Crippen molar-refractivity contribution in [3.05, 3.63) is 31.4 Å². The summed E-state index contributed by atoms with van der Waals surface area (Å²) in [5.41, 5.74) is 0.777. The van der Waals surface area contributed by atoms with Gasteiger partial charge in [0.25, 0.3) is 0 Å². The predicted octanol–water partition coefficient (Wildman–Crippen LogP) is 2.97. The minimum atomic E-state index is -0.682. The van der Waals surface area contributed by atoms with Gasteiger partial charge in [0.05, 0.1) is 11.1 Å². The largest absolute Gasteiger partial charge is 0.383 e. The molecule has 0 saturated carbocycles. The first-order valence-corrected chi connectivity index (χ1v) is 7.04. The van der Waals surface area contributed by atoms with Crippen LogP contribution in [0.25, 0.3) is 0 Å². The number of aliphatic hydroxyl groups excluding tert-OH is 1. The van der Waals surface area contributed by atoms with E-state index in [9.17, 15) is 5.11 Å². The van der Waals surface area contributed by atoms with Gasteiger partial charge in [0, 0.05) is 18.3 Å². The van der Waals surface area contributed by atoms with Crippen LogP contribution in [0.15, 0.2) is 20.9 Å². The van der Waals surface area contributed by atoms with Crippen molar-refractivity contribution in [3.8, 4) is 0 Å². The molecule has 2 aromatic rings. The van der Waals surface area contributed by atoms with Crippen LogP contribution in [0, 0.1) is 0 Å². The van der Waals surface area contributed by atoms with Gasteiger partial charge in [0.15, 0.2) is 3.92 Å². The van der Waals surface area contributed by atoms with Gasteiger partial charge in [-0.05, 0) is 38.8 Å². The summed E-state index contributed by atoms with van der Waals surface area (Å²) in [4.78, 5) is 4.93. The third-order valence-electron chi connectivity index (χ3n) is 2.12. The highest BCUT2D eigenvalue weighted by atomic mass is 79.9. The Bertz CT molecular complexity index is 497. The highest BCUT2D eigenvalue weighted by molar-refractivity contribution is 9.11. The van der Waals surface area contributed by atoms with Crippen LogP contribution in [0.3, 0.4) is 0 Å². The van der Waals surface area contributed by atoms with Crippen molar-refractivity contribution in [1.82, 2.24) is 14.8 Å². The van der Waals surface area contributed by atoms with Crippen LogP contribution in [0.5, 0.6) is 0 Å². The van der Waals surface area contributed by atoms with Crippen molar-refractivity contribution in [2.45, 2.75) is 19.6 Å². The van der Waals surface area contributed by atoms with Gasteiger partial charge in [-0.25, -0.2) is 4.98 Å². The zero-order valence-corrected chi connectivity index (χ0v) is 12.4. The Morgan fingerprint density at radius 3 is 2.81 bits per heavy atom. The molecular weight excluding hydrogens is 358 g/mol. The number of aryl methyl sites for hydroxylation is 1. The van der Waals surface area contributed by atoms with Gasteiger partial charge in [-0.3, -0.25) is 4.68 Å². The van der Waals surface area contributed by atoms with E-state index in [1.54, 1.807) is 10.9 Å². The van der Waals surface area contributed by atoms with Gasteiger partial charge in [-0.15, -0.1) is 11.3 Å². The van der Waals surface area contributed by atoms with Gasteiger partial charge < -0.3 is 5.11 Å². The predicted molar refractivity (Wildman–Crippen MR) is 69.5 cm³/mol. The Morgan fingerprint density at radius 1 is 1.56 bits per heavy atom. The molecule has 7 heteroatoms. The Kier molecular flexibility index (Phi) is 3.78. The topological polar surface area (TPSA) is 50.9 Å². The van der Waals surface area contributed by atoms with Crippen LogP contribution in [0.2, 0.25) is 0 Å². The normalized spacial score (nSPS) is 13.0. The summed E-state index contributed by atoms with van der Waals surface area (Å²) in [5, 5.41) is 14.3. The fraction of sp³-hybridized carbons (Fsp3) is 0.333. The number of thiazole rings is 1. The molecule has 1 N–H and O–H groups in total. The molecule has 1 unspecified atom stereocenters. The molecule has 0 saturated heterocycles. The third-order valence-corrected chi connectivity index (χ3v) is 4.55. The molecule has 86 valence electrons. The van der Waals surface area contributed by atoms with Gasteiger partial charge in [-0.2, -0.15) is 5.10 Å². The summed E-state index contributed by atoms with van der Waals surface area (Å²) < 4.78 is 3.19. The van der Waals surface area contributed by atoms with Gasteiger partial charge in [-0.1, -0.05) is 0 Å². The lowest BCUT2D eigenvalue weighted by Gasteiger charge is -2.05. The molecule has 2 aromatic heterocycles. The molecule has 1 atom stereocenters. The maximum atomic E-state index is 10.2. The van der Waals surface area contributed by atoms with Crippen molar-refractivity contribution in [2.24, 2.45) is 0 Å². The van der Waals surface area contributed by atoms with Crippen LogP contribution in [-0.2, 0) is 6.54 Å². The van der Waals surface area contributed by atoms with Crippen molar-refractivity contribution in [3.63, 3.8) is 0 Å². The Labute approximate surface area is 114 Å². The Balaban J connectivity index is 2.31.